The number of benzene rings is 2. The molecule has 0 unspecified atom stereocenters. The molecule has 1 aromatic heterocycles. The Hall–Kier alpha value is -3.05. The van der Waals surface area contributed by atoms with Gasteiger partial charge in [0.2, 0.25) is 0 Å². The Morgan fingerprint density at radius 1 is 1.05 bits per heavy atom. The molecule has 0 bridgehead atoms. The van der Waals surface area contributed by atoms with Crippen molar-refractivity contribution >= 4 is 35.1 Å². The average Bonchev–Trinajstić information content (AvgIpc) is 3.01. The maximum absolute atomic E-state index is 12.7. The fourth-order valence-electron chi connectivity index (χ4n) is 5.07. The summed E-state index contributed by atoms with van der Waals surface area (Å²) in [6.45, 7) is 6.61. The van der Waals surface area contributed by atoms with Crippen molar-refractivity contribution in [3.63, 3.8) is 0 Å². The first-order chi connectivity index (χ1) is 20.0. The summed E-state index contributed by atoms with van der Waals surface area (Å²) in [5, 5.41) is 4.05. The Balaban J connectivity index is 1.17. The Kier molecular flexibility index (Phi) is 10.2. The maximum atomic E-state index is 12.7. The second kappa shape index (κ2) is 14.2. The summed E-state index contributed by atoms with van der Waals surface area (Å²) in [5.74, 6) is 2.82. The van der Waals surface area contributed by atoms with Gasteiger partial charge in [-0.2, -0.15) is 0 Å². The molecule has 2 aromatic carbocycles. The van der Waals surface area contributed by atoms with E-state index in [0.717, 1.165) is 69.4 Å². The first-order valence-electron chi connectivity index (χ1n) is 13.9. The Morgan fingerprint density at radius 2 is 1.83 bits per heavy atom. The number of nitrogens with zero attached hydrogens (tertiary/aromatic N) is 4. The van der Waals surface area contributed by atoms with Gasteiger partial charge in [0.1, 0.15) is 11.0 Å². The standard InChI is InChI=1S/C30H36ClN5O4S/c1-38-25-16-22-7-10-36(19-24(22)17-26(25)39-2)28-18-27(31)33-30(34-28)41-20-21-5-3-6-23(15-21)29(37)32-8-4-9-35-11-13-40-14-12-35/h3,5-6,15-18H,4,7-14,19-20H2,1-2H3,(H,32,37). The Morgan fingerprint density at radius 3 is 2.61 bits per heavy atom. The topological polar surface area (TPSA) is 89.1 Å². The molecule has 3 aromatic rings. The lowest BCUT2D eigenvalue weighted by molar-refractivity contribution is 0.0374. The second-order valence-corrected chi connectivity index (χ2v) is 11.4. The average molecular weight is 598 g/mol. The Bertz CT molecular complexity index is 1350. The van der Waals surface area contributed by atoms with E-state index in [-0.39, 0.29) is 5.91 Å². The van der Waals surface area contributed by atoms with Gasteiger partial charge in [0.05, 0.1) is 27.4 Å². The monoisotopic (exact) mass is 597 g/mol. The highest BCUT2D eigenvalue weighted by Crippen LogP contribution is 2.35. The predicted molar refractivity (Wildman–Crippen MR) is 162 cm³/mol. The highest BCUT2D eigenvalue weighted by molar-refractivity contribution is 7.98. The molecule has 2 aliphatic heterocycles. The first kappa shape index (κ1) is 29.4. The quantitative estimate of drug-likeness (QED) is 0.149. The molecule has 0 spiro atoms. The smallest absolute Gasteiger partial charge is 0.251 e. The van der Waals surface area contributed by atoms with Gasteiger partial charge >= 0.3 is 0 Å². The molecule has 5 rings (SSSR count). The summed E-state index contributed by atoms with van der Waals surface area (Å²) < 4.78 is 16.4. The molecule has 3 heterocycles. The molecule has 11 heteroatoms. The van der Waals surface area contributed by atoms with Crippen LogP contribution in [-0.4, -0.2) is 80.9 Å². The summed E-state index contributed by atoms with van der Waals surface area (Å²) in [4.78, 5) is 26.6. The first-order valence-corrected chi connectivity index (χ1v) is 15.2. The van der Waals surface area contributed by atoms with Crippen molar-refractivity contribution < 1.29 is 19.0 Å². The van der Waals surface area contributed by atoms with Crippen LogP contribution >= 0.6 is 23.4 Å². The zero-order chi connectivity index (χ0) is 28.6. The van der Waals surface area contributed by atoms with Gasteiger partial charge in [-0.3, -0.25) is 9.69 Å². The molecule has 1 N–H and O–H groups in total. The van der Waals surface area contributed by atoms with Gasteiger partial charge in [-0.25, -0.2) is 9.97 Å². The van der Waals surface area contributed by atoms with E-state index in [9.17, 15) is 4.79 Å². The fourth-order valence-corrected chi connectivity index (χ4v) is 6.10. The van der Waals surface area contributed by atoms with Gasteiger partial charge in [-0.1, -0.05) is 35.5 Å². The van der Waals surface area contributed by atoms with Crippen molar-refractivity contribution in [2.24, 2.45) is 0 Å². The van der Waals surface area contributed by atoms with Crippen LogP contribution in [0.1, 0.15) is 33.5 Å². The van der Waals surface area contributed by atoms with Crippen molar-refractivity contribution in [3.05, 3.63) is 69.9 Å². The van der Waals surface area contributed by atoms with E-state index < -0.39 is 0 Å². The zero-order valence-corrected chi connectivity index (χ0v) is 25.1. The number of morpholine rings is 1. The third-order valence-electron chi connectivity index (χ3n) is 7.30. The van der Waals surface area contributed by atoms with E-state index in [2.05, 4.69) is 26.2 Å². The Labute approximate surface area is 250 Å². The number of ether oxygens (including phenoxy) is 3. The van der Waals surface area contributed by atoms with Crippen LogP contribution in [0, 0.1) is 0 Å². The predicted octanol–water partition coefficient (Wildman–Crippen LogP) is 4.45. The van der Waals surface area contributed by atoms with Gasteiger partial charge in [0.25, 0.3) is 5.91 Å². The van der Waals surface area contributed by atoms with Gasteiger partial charge in [-0.15, -0.1) is 0 Å². The van der Waals surface area contributed by atoms with Crippen LogP contribution in [0.25, 0.3) is 0 Å². The lowest BCUT2D eigenvalue weighted by Gasteiger charge is -2.30. The molecule has 0 aliphatic carbocycles. The van der Waals surface area contributed by atoms with Gasteiger partial charge < -0.3 is 24.4 Å². The molecule has 9 nitrogen and oxygen atoms in total. The molecular weight excluding hydrogens is 562 g/mol. The summed E-state index contributed by atoms with van der Waals surface area (Å²) in [6, 6.07) is 13.6. The molecule has 0 radical (unpaired) electrons. The van der Waals surface area contributed by atoms with Crippen LogP contribution in [-0.2, 0) is 23.5 Å². The van der Waals surface area contributed by atoms with Gasteiger partial charge in [0.15, 0.2) is 16.7 Å². The third kappa shape index (κ3) is 7.82. The molecular formula is C30H36ClN5O4S. The highest BCUT2D eigenvalue weighted by Gasteiger charge is 2.21. The third-order valence-corrected chi connectivity index (χ3v) is 8.41. The minimum Gasteiger partial charge on any atom is -0.493 e. The highest BCUT2D eigenvalue weighted by atomic mass is 35.5. The number of amides is 1. The van der Waals surface area contributed by atoms with Crippen LogP contribution in [0.3, 0.4) is 0 Å². The zero-order valence-electron chi connectivity index (χ0n) is 23.5. The molecule has 0 atom stereocenters. The van der Waals surface area contributed by atoms with E-state index in [4.69, 9.17) is 30.8 Å². The minimum atomic E-state index is -0.0558. The largest absolute Gasteiger partial charge is 0.493 e. The fraction of sp³-hybridized carbons (Fsp3) is 0.433. The van der Waals surface area contributed by atoms with Crippen molar-refractivity contribution in [1.82, 2.24) is 20.2 Å². The van der Waals surface area contributed by atoms with Crippen LogP contribution in [0.4, 0.5) is 5.82 Å². The van der Waals surface area contributed by atoms with E-state index >= 15 is 0 Å². The number of carbonyl (C=O) groups is 1. The number of thioether (sulfide) groups is 1. The molecule has 218 valence electrons. The van der Waals surface area contributed by atoms with Crippen LogP contribution in [0.15, 0.2) is 47.6 Å². The molecule has 0 saturated carbocycles. The maximum Gasteiger partial charge on any atom is 0.251 e. The molecule has 2 aliphatic rings. The minimum absolute atomic E-state index is 0.0558. The van der Waals surface area contributed by atoms with E-state index in [1.807, 2.05) is 30.3 Å². The second-order valence-electron chi connectivity index (χ2n) is 10.0. The van der Waals surface area contributed by atoms with Crippen molar-refractivity contribution in [3.8, 4) is 11.5 Å². The number of methoxy groups -OCH3 is 2. The number of hydrogen-bond donors (Lipinski definition) is 1. The molecule has 41 heavy (non-hydrogen) atoms. The lowest BCUT2D eigenvalue weighted by atomic mass is 9.99. The number of fused-ring (bicyclic) bond motifs is 1. The van der Waals surface area contributed by atoms with Crippen molar-refractivity contribution in [2.75, 3.05) is 65.1 Å². The van der Waals surface area contributed by atoms with Crippen LogP contribution in [0.2, 0.25) is 5.15 Å². The number of hydrogen-bond acceptors (Lipinski definition) is 9. The van der Waals surface area contributed by atoms with Gasteiger partial charge in [0, 0.05) is 50.1 Å². The number of halogens is 1. The number of aromatic nitrogens is 2. The van der Waals surface area contributed by atoms with Crippen molar-refractivity contribution in [2.45, 2.75) is 30.3 Å². The SMILES string of the molecule is COc1cc2c(cc1OC)CN(c1cc(Cl)nc(SCc3cccc(C(=O)NCCCN4CCOCC4)c3)n1)CC2. The molecule has 1 amide bonds. The summed E-state index contributed by atoms with van der Waals surface area (Å²) in [6.07, 6.45) is 1.78. The van der Waals surface area contributed by atoms with Crippen LogP contribution < -0.4 is 19.7 Å². The number of carbonyl (C=O) groups excluding carboxylic acids is 1. The molecule has 1 fully saturated rings. The number of nitrogens with one attached hydrogen (secondary N) is 1. The normalized spacial score (nSPS) is 15.3. The molecule has 1 saturated heterocycles. The van der Waals surface area contributed by atoms with E-state index in [1.165, 1.54) is 22.9 Å². The van der Waals surface area contributed by atoms with E-state index in [0.29, 0.717) is 40.5 Å². The summed E-state index contributed by atoms with van der Waals surface area (Å²) in [5.41, 5.74) is 4.10. The van der Waals surface area contributed by atoms with E-state index in [1.54, 1.807) is 20.3 Å². The summed E-state index contributed by atoms with van der Waals surface area (Å²) >= 11 is 7.93. The lowest BCUT2D eigenvalue weighted by Crippen LogP contribution is -2.38. The number of anilines is 1. The van der Waals surface area contributed by atoms with Crippen LogP contribution in [0.5, 0.6) is 11.5 Å². The summed E-state index contributed by atoms with van der Waals surface area (Å²) in [7, 11) is 3.30. The van der Waals surface area contributed by atoms with Gasteiger partial charge in [-0.05, 0) is 60.3 Å². The van der Waals surface area contributed by atoms with Crippen molar-refractivity contribution in [1.29, 1.82) is 0 Å². The number of rotatable bonds is 11.